The lowest BCUT2D eigenvalue weighted by Gasteiger charge is -2.13. The molecular weight excluding hydrogens is 662 g/mol. The average molecular weight is 698 g/mol. The number of rotatable bonds is 9. The van der Waals surface area contributed by atoms with Crippen LogP contribution in [0.2, 0.25) is 5.02 Å². The highest BCUT2D eigenvalue weighted by Gasteiger charge is 2.36. The van der Waals surface area contributed by atoms with Crippen LogP contribution in [0.3, 0.4) is 0 Å². The number of aliphatic imine (C=N–C) groups is 1. The van der Waals surface area contributed by atoms with Crippen LogP contribution in [-0.2, 0) is 14.3 Å². The van der Waals surface area contributed by atoms with Crippen LogP contribution in [0.1, 0.15) is 87.3 Å². The summed E-state index contributed by atoms with van der Waals surface area (Å²) >= 11 is 7.85. The van der Waals surface area contributed by atoms with Gasteiger partial charge in [0.15, 0.2) is 5.82 Å². The third-order valence-electron chi connectivity index (χ3n) is 8.58. The third-order valence-corrected chi connectivity index (χ3v) is 10.0. The van der Waals surface area contributed by atoms with Crippen molar-refractivity contribution >= 4 is 52.1 Å². The van der Waals surface area contributed by atoms with E-state index in [0.717, 1.165) is 45.1 Å². The summed E-state index contributed by atoms with van der Waals surface area (Å²) in [5, 5.41) is 16.2. The molecule has 11 nitrogen and oxygen atoms in total. The molecule has 4 N–H and O–H groups in total. The zero-order valence-corrected chi connectivity index (χ0v) is 29.2. The molecule has 0 spiro atoms. The summed E-state index contributed by atoms with van der Waals surface area (Å²) in [6.45, 7) is 6.34. The number of methoxy groups -OCH3 is 1. The molecule has 13 heteroatoms. The molecule has 252 valence electrons. The van der Waals surface area contributed by atoms with E-state index in [0.29, 0.717) is 46.5 Å². The zero-order valence-electron chi connectivity index (χ0n) is 27.6. The Labute approximate surface area is 293 Å². The highest BCUT2D eigenvalue weighted by molar-refractivity contribution is 7.15. The highest BCUT2D eigenvalue weighted by atomic mass is 35.5. The van der Waals surface area contributed by atoms with Crippen LogP contribution < -0.4 is 16.4 Å². The quantitative estimate of drug-likeness (QED) is 0.121. The van der Waals surface area contributed by atoms with Gasteiger partial charge in [-0.3, -0.25) is 19.1 Å². The minimum atomic E-state index is -0.589. The van der Waals surface area contributed by atoms with Gasteiger partial charge in [-0.1, -0.05) is 35.6 Å². The summed E-state index contributed by atoms with van der Waals surface area (Å²) in [4.78, 5) is 44.6. The molecule has 2 aromatic carbocycles. The van der Waals surface area contributed by atoms with Crippen molar-refractivity contribution < 1.29 is 19.1 Å². The Morgan fingerprint density at radius 3 is 2.57 bits per heavy atom. The van der Waals surface area contributed by atoms with E-state index < -0.39 is 17.6 Å². The lowest BCUT2D eigenvalue weighted by Crippen LogP contribution is -2.27. The van der Waals surface area contributed by atoms with Crippen molar-refractivity contribution in [1.29, 1.82) is 0 Å². The predicted molar refractivity (Wildman–Crippen MR) is 190 cm³/mol. The molecule has 1 aliphatic heterocycles. The number of hydrogen-bond donors (Lipinski definition) is 3. The third kappa shape index (κ3) is 7.44. The van der Waals surface area contributed by atoms with Gasteiger partial charge in [0.25, 0.3) is 0 Å². The lowest BCUT2D eigenvalue weighted by molar-refractivity contribution is -0.122. The first-order valence-electron chi connectivity index (χ1n) is 15.9. The number of fused-ring (bicyclic) bond motifs is 3. The van der Waals surface area contributed by atoms with Gasteiger partial charge in [0.2, 0.25) is 11.8 Å². The maximum Gasteiger partial charge on any atom is 0.339 e. The molecule has 3 heterocycles. The van der Waals surface area contributed by atoms with Crippen molar-refractivity contribution in [2.45, 2.75) is 64.5 Å². The Morgan fingerprint density at radius 1 is 1.10 bits per heavy atom. The molecule has 0 radical (unpaired) electrons. The number of carbonyl (C=O) groups is 3. The highest BCUT2D eigenvalue weighted by Crippen LogP contribution is 2.39. The summed E-state index contributed by atoms with van der Waals surface area (Å²) in [5.74, 6) is 6.32. The number of amides is 2. The second-order valence-electron chi connectivity index (χ2n) is 12.3. The number of benzene rings is 2. The maximum absolute atomic E-state index is 13.3. The number of thiophene rings is 1. The Balaban J connectivity index is 1.11. The number of esters is 1. The van der Waals surface area contributed by atoms with Crippen molar-refractivity contribution in [3.8, 4) is 16.8 Å². The average Bonchev–Trinajstić information content (AvgIpc) is 3.63. The number of nitrogens with two attached hydrogens (primary N) is 1. The summed E-state index contributed by atoms with van der Waals surface area (Å²) < 4.78 is 6.88. The zero-order chi connectivity index (χ0) is 34.9. The second-order valence-corrected chi connectivity index (χ2v) is 13.9. The van der Waals surface area contributed by atoms with Gasteiger partial charge in [-0.25, -0.2) is 4.79 Å². The van der Waals surface area contributed by atoms with Gasteiger partial charge in [0.05, 0.1) is 30.3 Å². The van der Waals surface area contributed by atoms with Crippen LogP contribution >= 0.6 is 22.9 Å². The molecule has 1 atom stereocenters. The van der Waals surface area contributed by atoms with Crippen molar-refractivity contribution in [1.82, 2.24) is 20.1 Å². The molecule has 2 amide bonds. The van der Waals surface area contributed by atoms with E-state index in [1.807, 2.05) is 35.8 Å². The van der Waals surface area contributed by atoms with E-state index in [4.69, 9.17) is 27.1 Å². The van der Waals surface area contributed by atoms with E-state index in [1.54, 1.807) is 29.5 Å². The Kier molecular flexibility index (Phi) is 9.70. The summed E-state index contributed by atoms with van der Waals surface area (Å²) in [6, 6.07) is 11.8. The number of ether oxygens (including phenoxy) is 1. The smallest absolute Gasteiger partial charge is 0.339 e. The van der Waals surface area contributed by atoms with Gasteiger partial charge in [0, 0.05) is 45.2 Å². The van der Waals surface area contributed by atoms with Crippen molar-refractivity contribution in [2.24, 2.45) is 10.7 Å². The molecule has 2 aromatic heterocycles. The van der Waals surface area contributed by atoms with Crippen LogP contribution in [-0.4, -0.2) is 57.5 Å². The molecule has 0 saturated heterocycles. The van der Waals surface area contributed by atoms with Crippen LogP contribution in [0.15, 0.2) is 47.5 Å². The summed E-state index contributed by atoms with van der Waals surface area (Å²) in [6.07, 6.45) is 2.23. The standard InChI is InChI=1S/C36H36ClN7O4S/c1-20-21(2)49-34-31(20)32(23-7-9-25(37)10-8-23)41-28(33-43-42-22(3)44(33)34)19-30(46)39-17-5-6-29(45)40-26-11-12-27(35(47)48-4)24(18-26)13-14-36(38)15-16-36/h7-12,18,28H,5-6,15-17,19,38H2,1-4H3,(H,39,46)(H,40,45)/t28-/m0/s1. The lowest BCUT2D eigenvalue weighted by atomic mass is 9.99. The van der Waals surface area contributed by atoms with Crippen molar-refractivity contribution in [2.75, 3.05) is 19.0 Å². The normalized spacial score (nSPS) is 15.5. The molecule has 2 aliphatic rings. The number of halogens is 1. The number of aromatic nitrogens is 3. The molecule has 0 bridgehead atoms. The maximum atomic E-state index is 13.3. The number of nitrogens with one attached hydrogen (secondary N) is 2. The Morgan fingerprint density at radius 2 is 1.86 bits per heavy atom. The van der Waals surface area contributed by atoms with Gasteiger partial charge in [-0.05, 0) is 75.9 Å². The first kappa shape index (κ1) is 34.0. The fraction of sp³-hybridized carbons (Fsp3) is 0.333. The van der Waals surface area contributed by atoms with Gasteiger partial charge >= 0.3 is 5.97 Å². The molecular formula is C36H36ClN7O4S. The fourth-order valence-corrected chi connectivity index (χ4v) is 6.89. The molecule has 49 heavy (non-hydrogen) atoms. The number of carbonyl (C=O) groups excluding carboxylic acids is 3. The van der Waals surface area contributed by atoms with Gasteiger partial charge < -0.3 is 21.1 Å². The SMILES string of the molecule is COC(=O)c1ccc(NC(=O)CCCNC(=O)C[C@@H]2N=C(c3ccc(Cl)cc3)c3c(sc(C)c3C)-n3c(C)nnc32)cc1C#CC1(N)CC1. The molecule has 0 unspecified atom stereocenters. The van der Waals surface area contributed by atoms with Crippen molar-refractivity contribution in [3.05, 3.63) is 91.8 Å². The van der Waals surface area contributed by atoms with E-state index in [2.05, 4.69) is 46.5 Å². The van der Waals surface area contributed by atoms with Crippen LogP contribution in [0.25, 0.3) is 5.00 Å². The number of nitrogens with zero attached hydrogens (tertiary/aromatic N) is 4. The fourth-order valence-electron chi connectivity index (χ4n) is 5.55. The van der Waals surface area contributed by atoms with Crippen molar-refractivity contribution in [3.63, 3.8) is 0 Å². The molecule has 1 saturated carbocycles. The van der Waals surface area contributed by atoms with Crippen LogP contribution in [0.5, 0.6) is 0 Å². The first-order valence-corrected chi connectivity index (χ1v) is 17.1. The topological polar surface area (TPSA) is 154 Å². The molecule has 1 aliphatic carbocycles. The molecule has 4 aromatic rings. The summed E-state index contributed by atoms with van der Waals surface area (Å²) in [5.41, 5.74) is 10.6. The van der Waals surface area contributed by atoms with Gasteiger partial charge in [-0.2, -0.15) is 0 Å². The minimum Gasteiger partial charge on any atom is -0.465 e. The van der Waals surface area contributed by atoms with Gasteiger partial charge in [-0.15, -0.1) is 21.5 Å². The monoisotopic (exact) mass is 697 g/mol. The number of hydrogen-bond acceptors (Lipinski definition) is 9. The molecule has 6 rings (SSSR count). The van der Waals surface area contributed by atoms with Gasteiger partial charge in [0.1, 0.15) is 16.9 Å². The first-order chi connectivity index (χ1) is 23.5. The number of aryl methyl sites for hydroxylation is 2. The predicted octanol–water partition coefficient (Wildman–Crippen LogP) is 5.35. The summed E-state index contributed by atoms with van der Waals surface area (Å²) in [7, 11) is 1.30. The van der Waals surface area contributed by atoms with Crippen LogP contribution in [0.4, 0.5) is 5.69 Å². The second kappa shape index (κ2) is 14.0. The largest absolute Gasteiger partial charge is 0.465 e. The Bertz CT molecular complexity index is 2050. The van der Waals surface area contributed by atoms with E-state index in [9.17, 15) is 14.4 Å². The Hall–Kier alpha value is -4.83. The van der Waals surface area contributed by atoms with E-state index in [1.165, 1.54) is 7.11 Å². The van der Waals surface area contributed by atoms with Crippen LogP contribution in [0, 0.1) is 32.6 Å². The van der Waals surface area contributed by atoms with E-state index in [-0.39, 0.29) is 24.7 Å². The van der Waals surface area contributed by atoms with E-state index >= 15 is 0 Å². The number of anilines is 1. The molecule has 1 fully saturated rings. The minimum absolute atomic E-state index is 0.0504.